The van der Waals surface area contributed by atoms with Crippen LogP contribution in [0.5, 0.6) is 5.75 Å². The number of hydrogen-bond acceptors (Lipinski definition) is 4. The number of allylic oxidation sites excluding steroid dienone is 1. The van der Waals surface area contributed by atoms with Crippen LogP contribution in [0.1, 0.15) is 65.2 Å². The van der Waals surface area contributed by atoms with Gasteiger partial charge in [-0.05, 0) is 86.7 Å². The van der Waals surface area contributed by atoms with E-state index >= 15 is 0 Å². The van der Waals surface area contributed by atoms with Crippen molar-refractivity contribution >= 4 is 6.16 Å². The van der Waals surface area contributed by atoms with Crippen molar-refractivity contribution in [3.8, 4) is 5.75 Å². The lowest BCUT2D eigenvalue weighted by atomic mass is 9.47. The number of aliphatic hydroxyl groups excluding tert-OH is 1. The second kappa shape index (κ2) is 7.40. The average Bonchev–Trinajstić information content (AvgIpc) is 3.05. The molecule has 0 aromatic heterocycles. The summed E-state index contributed by atoms with van der Waals surface area (Å²) in [6.45, 7) is 4.80. The van der Waals surface area contributed by atoms with Crippen LogP contribution in [-0.2, 0) is 4.74 Å². The fourth-order valence-electron chi connectivity index (χ4n) is 7.58. The minimum atomic E-state index is -0.572. The van der Waals surface area contributed by atoms with Crippen LogP contribution in [-0.4, -0.2) is 23.5 Å². The fraction of sp³-hybridized carbons (Fsp3) is 0.654. The van der Waals surface area contributed by atoms with Gasteiger partial charge in [-0.2, -0.15) is 0 Å². The third kappa shape index (κ3) is 3.19. The van der Waals surface area contributed by atoms with Gasteiger partial charge in [0.05, 0.1) is 6.10 Å². The van der Waals surface area contributed by atoms with E-state index in [-0.39, 0.29) is 23.0 Å². The standard InChI is InChI=1S/C26H34O4/c1-25-14-12-18(27)16-17(25)8-9-20-21-10-11-23(26(21,2)15-13-22(20)25)30-24(28)29-19-6-4-3-5-7-19/h3-7,16,18,20-23,27H,8-15H2,1-2H3/t18-,20-,21-,22-,23-,25-,26-/m0/s1. The fourth-order valence-corrected chi connectivity index (χ4v) is 7.58. The van der Waals surface area contributed by atoms with Gasteiger partial charge in [-0.1, -0.05) is 43.7 Å². The first kappa shape index (κ1) is 20.1. The molecule has 4 aliphatic carbocycles. The van der Waals surface area contributed by atoms with E-state index in [1.165, 1.54) is 18.4 Å². The Balaban J connectivity index is 1.31. The Bertz CT molecular complexity index is 833. The molecule has 0 bridgehead atoms. The first-order valence-electron chi connectivity index (χ1n) is 11.7. The van der Waals surface area contributed by atoms with E-state index in [9.17, 15) is 9.90 Å². The van der Waals surface area contributed by atoms with E-state index in [4.69, 9.17) is 9.47 Å². The van der Waals surface area contributed by atoms with Crippen molar-refractivity contribution in [2.24, 2.45) is 28.6 Å². The third-order valence-electron chi connectivity index (χ3n) is 9.18. The van der Waals surface area contributed by atoms with Crippen LogP contribution in [0, 0.1) is 28.6 Å². The van der Waals surface area contributed by atoms with E-state index < -0.39 is 6.16 Å². The van der Waals surface area contributed by atoms with E-state index in [1.807, 2.05) is 18.2 Å². The quantitative estimate of drug-likeness (QED) is 0.375. The van der Waals surface area contributed by atoms with Crippen LogP contribution in [0.2, 0.25) is 0 Å². The maximum atomic E-state index is 12.5. The molecule has 3 saturated carbocycles. The molecule has 1 aromatic carbocycles. The molecule has 1 aromatic rings. The smallest absolute Gasteiger partial charge is 0.430 e. The second-order valence-corrected chi connectivity index (χ2v) is 10.5. The number of ether oxygens (including phenoxy) is 2. The number of fused-ring (bicyclic) bond motifs is 5. The van der Waals surface area contributed by atoms with Gasteiger partial charge in [0.2, 0.25) is 0 Å². The van der Waals surface area contributed by atoms with Crippen molar-refractivity contribution in [3.63, 3.8) is 0 Å². The highest BCUT2D eigenvalue weighted by atomic mass is 16.7. The molecule has 0 unspecified atom stereocenters. The molecule has 162 valence electrons. The molecule has 5 rings (SSSR count). The molecule has 0 saturated heterocycles. The Morgan fingerprint density at radius 1 is 1.00 bits per heavy atom. The van der Waals surface area contributed by atoms with Crippen molar-refractivity contribution in [2.45, 2.75) is 77.4 Å². The van der Waals surface area contributed by atoms with Gasteiger partial charge in [0.15, 0.2) is 0 Å². The molecule has 1 N–H and O–H groups in total. The van der Waals surface area contributed by atoms with Crippen molar-refractivity contribution in [2.75, 3.05) is 0 Å². The second-order valence-electron chi connectivity index (χ2n) is 10.5. The van der Waals surface area contributed by atoms with E-state index in [0.29, 0.717) is 23.5 Å². The van der Waals surface area contributed by atoms with Crippen LogP contribution in [0.25, 0.3) is 0 Å². The summed E-state index contributed by atoms with van der Waals surface area (Å²) in [5.41, 5.74) is 1.79. The zero-order chi connectivity index (χ0) is 20.9. The number of hydrogen-bond donors (Lipinski definition) is 1. The lowest BCUT2D eigenvalue weighted by molar-refractivity contribution is -0.0837. The summed E-state index contributed by atoms with van der Waals surface area (Å²) in [7, 11) is 0. The predicted molar refractivity (Wildman–Crippen MR) is 115 cm³/mol. The van der Waals surface area contributed by atoms with Crippen molar-refractivity contribution in [1.82, 2.24) is 0 Å². The average molecular weight is 411 g/mol. The molecule has 0 heterocycles. The summed E-state index contributed by atoms with van der Waals surface area (Å²) in [5, 5.41) is 10.1. The van der Waals surface area contributed by atoms with Crippen molar-refractivity contribution in [3.05, 3.63) is 42.0 Å². The van der Waals surface area contributed by atoms with Crippen molar-refractivity contribution in [1.29, 1.82) is 0 Å². The van der Waals surface area contributed by atoms with Crippen LogP contribution in [0.15, 0.2) is 42.0 Å². The van der Waals surface area contributed by atoms with Crippen molar-refractivity contribution < 1.29 is 19.4 Å². The van der Waals surface area contributed by atoms with Gasteiger partial charge in [-0.15, -0.1) is 0 Å². The number of para-hydroxylation sites is 1. The third-order valence-corrected chi connectivity index (χ3v) is 9.18. The molecule has 0 amide bonds. The van der Waals surface area contributed by atoms with E-state index in [1.54, 1.807) is 12.1 Å². The van der Waals surface area contributed by atoms with Gasteiger partial charge in [0.25, 0.3) is 0 Å². The minimum Gasteiger partial charge on any atom is -0.430 e. The Morgan fingerprint density at radius 2 is 1.80 bits per heavy atom. The number of rotatable bonds is 2. The highest BCUT2D eigenvalue weighted by Gasteiger charge is 2.60. The van der Waals surface area contributed by atoms with E-state index in [0.717, 1.165) is 38.5 Å². The Morgan fingerprint density at radius 3 is 2.60 bits per heavy atom. The number of benzene rings is 1. The topological polar surface area (TPSA) is 55.8 Å². The molecule has 30 heavy (non-hydrogen) atoms. The predicted octanol–water partition coefficient (Wildman–Crippen LogP) is 5.89. The Labute approximate surface area is 179 Å². The maximum Gasteiger partial charge on any atom is 0.514 e. The lowest BCUT2D eigenvalue weighted by Gasteiger charge is -2.58. The van der Waals surface area contributed by atoms with Gasteiger partial charge in [0, 0.05) is 5.41 Å². The minimum absolute atomic E-state index is 0.0443. The van der Waals surface area contributed by atoms with E-state index in [2.05, 4.69) is 19.9 Å². The highest BCUT2D eigenvalue weighted by molar-refractivity contribution is 5.64. The summed E-state index contributed by atoms with van der Waals surface area (Å²) in [6.07, 6.45) is 9.97. The maximum absolute atomic E-state index is 12.5. The van der Waals surface area contributed by atoms with Crippen LogP contribution in [0.4, 0.5) is 4.79 Å². The van der Waals surface area contributed by atoms with Gasteiger partial charge in [0.1, 0.15) is 11.9 Å². The monoisotopic (exact) mass is 410 g/mol. The molecule has 7 atom stereocenters. The van der Waals surface area contributed by atoms with Crippen LogP contribution >= 0.6 is 0 Å². The molecule has 0 aliphatic heterocycles. The molecule has 0 radical (unpaired) electrons. The summed E-state index contributed by atoms with van der Waals surface area (Å²) in [4.78, 5) is 12.5. The molecule has 4 heteroatoms. The van der Waals surface area contributed by atoms with Crippen LogP contribution < -0.4 is 4.74 Å². The zero-order valence-electron chi connectivity index (χ0n) is 18.2. The Hall–Kier alpha value is -1.81. The molecule has 4 aliphatic rings. The number of aliphatic hydroxyl groups is 1. The molecular formula is C26H34O4. The first-order valence-corrected chi connectivity index (χ1v) is 11.7. The summed E-state index contributed by atoms with van der Waals surface area (Å²) >= 11 is 0. The van der Waals surface area contributed by atoms with Gasteiger partial charge in [-0.25, -0.2) is 4.79 Å². The van der Waals surface area contributed by atoms with Gasteiger partial charge < -0.3 is 14.6 Å². The van der Waals surface area contributed by atoms with Gasteiger partial charge >= 0.3 is 6.16 Å². The molecular weight excluding hydrogens is 376 g/mol. The number of carbonyl (C=O) groups excluding carboxylic acids is 1. The molecule has 4 nitrogen and oxygen atoms in total. The highest BCUT2D eigenvalue weighted by Crippen LogP contribution is 2.65. The number of carbonyl (C=O) groups is 1. The molecule has 3 fully saturated rings. The molecule has 0 spiro atoms. The normalized spacial score (nSPS) is 42.4. The zero-order valence-corrected chi connectivity index (χ0v) is 18.2. The first-order chi connectivity index (χ1) is 14.4. The SMILES string of the molecule is C[C@]12CC[C@H]3[C@@H](CCC4=C[C@@H](O)CC[C@@]43C)[C@@H]1CC[C@@H]2OC(=O)Oc1ccccc1. The summed E-state index contributed by atoms with van der Waals surface area (Å²) < 4.78 is 11.3. The lowest BCUT2D eigenvalue weighted by Crippen LogP contribution is -2.52. The largest absolute Gasteiger partial charge is 0.514 e. The summed E-state index contributed by atoms with van der Waals surface area (Å²) in [5.74, 6) is 2.53. The summed E-state index contributed by atoms with van der Waals surface area (Å²) in [6, 6.07) is 9.17. The van der Waals surface area contributed by atoms with Gasteiger partial charge in [-0.3, -0.25) is 0 Å². The van der Waals surface area contributed by atoms with Crippen LogP contribution in [0.3, 0.4) is 0 Å². The Kier molecular flexibility index (Phi) is 4.96.